The highest BCUT2D eigenvalue weighted by atomic mass is 35.5. The molecule has 3 aromatic rings. The van der Waals surface area contributed by atoms with E-state index in [0.717, 1.165) is 33.3 Å². The molecule has 0 bridgehead atoms. The van der Waals surface area contributed by atoms with E-state index >= 15 is 0 Å². The number of aromatic nitrogens is 3. The fourth-order valence-electron chi connectivity index (χ4n) is 3.52. The summed E-state index contributed by atoms with van der Waals surface area (Å²) < 4.78 is 27.5. The first kappa shape index (κ1) is 18.5. The van der Waals surface area contributed by atoms with Crippen molar-refractivity contribution in [3.05, 3.63) is 51.3 Å². The molecule has 1 aliphatic heterocycles. The Hall–Kier alpha value is -1.90. The van der Waals surface area contributed by atoms with Gasteiger partial charge in [0, 0.05) is 24.0 Å². The number of benzene rings is 1. The molecule has 0 saturated heterocycles. The number of rotatable bonds is 4. The first-order chi connectivity index (χ1) is 12.7. The van der Waals surface area contributed by atoms with Crippen LogP contribution in [0.3, 0.4) is 0 Å². The SMILES string of the molecule is CC1Cc2cc(-c3csc(Cc4ncc(Cl)n4C)n3)ccc2N1S(C)(=O)=O. The van der Waals surface area contributed by atoms with Crippen molar-refractivity contribution in [2.24, 2.45) is 7.05 Å². The fraction of sp³-hybridized carbons (Fsp3) is 0.333. The largest absolute Gasteiger partial charge is 0.322 e. The molecule has 142 valence electrons. The third-order valence-electron chi connectivity index (χ3n) is 4.77. The van der Waals surface area contributed by atoms with Crippen LogP contribution in [0.1, 0.15) is 23.3 Å². The Kier molecular flexibility index (Phi) is 4.52. The molecular formula is C18H19ClN4O2S2. The highest BCUT2D eigenvalue weighted by Gasteiger charge is 2.32. The lowest BCUT2D eigenvalue weighted by atomic mass is 10.1. The monoisotopic (exact) mass is 422 g/mol. The van der Waals surface area contributed by atoms with Crippen LogP contribution >= 0.6 is 22.9 Å². The molecular weight excluding hydrogens is 404 g/mol. The minimum Gasteiger partial charge on any atom is -0.322 e. The smallest absolute Gasteiger partial charge is 0.232 e. The van der Waals surface area contributed by atoms with Crippen LogP contribution in [0.5, 0.6) is 0 Å². The van der Waals surface area contributed by atoms with E-state index < -0.39 is 10.0 Å². The molecule has 3 heterocycles. The second kappa shape index (κ2) is 6.61. The van der Waals surface area contributed by atoms with Crippen molar-refractivity contribution in [2.45, 2.75) is 25.8 Å². The van der Waals surface area contributed by atoms with Crippen LogP contribution in [0, 0.1) is 0 Å². The minimum atomic E-state index is -3.28. The van der Waals surface area contributed by atoms with Gasteiger partial charge in [0.1, 0.15) is 16.0 Å². The van der Waals surface area contributed by atoms with E-state index in [-0.39, 0.29) is 6.04 Å². The van der Waals surface area contributed by atoms with Crippen LogP contribution in [0.25, 0.3) is 11.3 Å². The van der Waals surface area contributed by atoms with Crippen molar-refractivity contribution in [2.75, 3.05) is 10.6 Å². The summed E-state index contributed by atoms with van der Waals surface area (Å²) in [6.07, 6.45) is 4.22. The number of imidazole rings is 1. The number of sulfonamides is 1. The van der Waals surface area contributed by atoms with Gasteiger partial charge in [-0.1, -0.05) is 17.7 Å². The van der Waals surface area contributed by atoms with E-state index in [1.54, 1.807) is 17.5 Å². The van der Waals surface area contributed by atoms with Crippen molar-refractivity contribution >= 4 is 38.6 Å². The van der Waals surface area contributed by atoms with Crippen molar-refractivity contribution in [1.29, 1.82) is 0 Å². The van der Waals surface area contributed by atoms with Crippen LogP contribution in [-0.4, -0.2) is 35.3 Å². The molecule has 0 spiro atoms. The number of nitrogens with zero attached hydrogens (tertiary/aromatic N) is 4. The summed E-state index contributed by atoms with van der Waals surface area (Å²) in [6.45, 7) is 1.93. The van der Waals surface area contributed by atoms with E-state index in [1.807, 2.05) is 42.1 Å². The molecule has 1 atom stereocenters. The van der Waals surface area contributed by atoms with Gasteiger partial charge >= 0.3 is 0 Å². The van der Waals surface area contributed by atoms with Gasteiger partial charge in [0.25, 0.3) is 0 Å². The number of halogens is 1. The van der Waals surface area contributed by atoms with E-state index in [4.69, 9.17) is 16.6 Å². The molecule has 0 saturated carbocycles. The van der Waals surface area contributed by atoms with Gasteiger partial charge in [-0.15, -0.1) is 11.3 Å². The van der Waals surface area contributed by atoms with Crippen molar-refractivity contribution in [3.63, 3.8) is 0 Å². The topological polar surface area (TPSA) is 68.1 Å². The molecule has 0 aliphatic carbocycles. The lowest BCUT2D eigenvalue weighted by Gasteiger charge is -2.21. The summed E-state index contributed by atoms with van der Waals surface area (Å²) in [7, 11) is -1.39. The molecule has 4 rings (SSSR count). The molecule has 0 radical (unpaired) electrons. The van der Waals surface area contributed by atoms with Gasteiger partial charge in [0.2, 0.25) is 10.0 Å². The van der Waals surface area contributed by atoms with Crippen LogP contribution in [0.15, 0.2) is 29.8 Å². The maximum atomic E-state index is 12.1. The Morgan fingerprint density at radius 3 is 2.81 bits per heavy atom. The van der Waals surface area contributed by atoms with Crippen LogP contribution in [-0.2, 0) is 29.9 Å². The minimum absolute atomic E-state index is 0.0654. The maximum absolute atomic E-state index is 12.1. The Morgan fingerprint density at radius 1 is 1.37 bits per heavy atom. The van der Waals surface area contributed by atoms with Crippen LogP contribution < -0.4 is 4.31 Å². The Morgan fingerprint density at radius 2 is 2.15 bits per heavy atom. The molecule has 0 fully saturated rings. The fourth-order valence-corrected chi connectivity index (χ4v) is 5.73. The molecule has 1 unspecified atom stereocenters. The van der Waals surface area contributed by atoms with E-state index in [2.05, 4.69) is 4.98 Å². The highest BCUT2D eigenvalue weighted by molar-refractivity contribution is 7.92. The van der Waals surface area contributed by atoms with E-state index in [1.165, 1.54) is 10.6 Å². The summed E-state index contributed by atoms with van der Waals surface area (Å²) in [5, 5.41) is 3.58. The molecule has 1 aromatic carbocycles. The Bertz CT molecular complexity index is 1120. The third-order valence-corrected chi connectivity index (χ3v) is 7.25. The van der Waals surface area contributed by atoms with Gasteiger partial charge < -0.3 is 4.57 Å². The molecule has 27 heavy (non-hydrogen) atoms. The molecule has 6 nitrogen and oxygen atoms in total. The molecule has 1 aliphatic rings. The van der Waals surface area contributed by atoms with Crippen LogP contribution in [0.4, 0.5) is 5.69 Å². The molecule has 0 amide bonds. The first-order valence-electron chi connectivity index (χ1n) is 8.47. The average Bonchev–Trinajstić information content (AvgIpc) is 3.26. The number of fused-ring (bicyclic) bond motifs is 1. The molecule has 2 aromatic heterocycles. The van der Waals surface area contributed by atoms with Gasteiger partial charge in [0.15, 0.2) is 0 Å². The summed E-state index contributed by atoms with van der Waals surface area (Å²) in [4.78, 5) is 9.04. The maximum Gasteiger partial charge on any atom is 0.232 e. The van der Waals surface area contributed by atoms with Crippen LogP contribution in [0.2, 0.25) is 5.15 Å². The quantitative estimate of drug-likeness (QED) is 0.645. The lowest BCUT2D eigenvalue weighted by Crippen LogP contribution is -2.34. The average molecular weight is 423 g/mol. The number of thiazole rings is 1. The second-order valence-electron chi connectivity index (χ2n) is 6.81. The predicted octanol–water partition coefficient (Wildman–Crippen LogP) is 3.50. The number of hydrogen-bond donors (Lipinski definition) is 0. The van der Waals surface area contributed by atoms with Crippen molar-refractivity contribution in [1.82, 2.24) is 14.5 Å². The van der Waals surface area contributed by atoms with Crippen molar-refractivity contribution < 1.29 is 8.42 Å². The van der Waals surface area contributed by atoms with E-state index in [9.17, 15) is 8.42 Å². The van der Waals surface area contributed by atoms with Crippen molar-refractivity contribution in [3.8, 4) is 11.3 Å². The second-order valence-corrected chi connectivity index (χ2v) is 10.0. The zero-order chi connectivity index (χ0) is 19.3. The summed E-state index contributed by atoms with van der Waals surface area (Å²) in [6, 6.07) is 5.80. The molecule has 9 heteroatoms. The highest BCUT2D eigenvalue weighted by Crippen LogP contribution is 2.37. The first-order valence-corrected chi connectivity index (χ1v) is 11.6. The Labute approximate surface area is 167 Å². The number of anilines is 1. The summed E-state index contributed by atoms with van der Waals surface area (Å²) in [5.74, 6) is 0.868. The van der Waals surface area contributed by atoms with Gasteiger partial charge in [-0.3, -0.25) is 4.31 Å². The third kappa shape index (κ3) is 3.37. The summed E-state index contributed by atoms with van der Waals surface area (Å²) in [5.41, 5.74) is 3.70. The normalized spacial score (nSPS) is 16.7. The predicted molar refractivity (Wildman–Crippen MR) is 109 cm³/mol. The van der Waals surface area contributed by atoms with Gasteiger partial charge in [-0.2, -0.15) is 0 Å². The van der Waals surface area contributed by atoms with E-state index in [0.29, 0.717) is 18.0 Å². The summed E-state index contributed by atoms with van der Waals surface area (Å²) >= 11 is 7.63. The zero-order valence-electron chi connectivity index (χ0n) is 15.2. The lowest BCUT2D eigenvalue weighted by molar-refractivity contribution is 0.590. The zero-order valence-corrected chi connectivity index (χ0v) is 17.6. The standard InChI is InChI=1S/C18H19ClN4O2S2/c1-11-6-13-7-12(4-5-15(13)23(11)27(3,24)25)14-10-26-18(21-14)8-17-20-9-16(19)22(17)2/h4-5,7,9-11H,6,8H2,1-3H3. The van der Waals surface area contributed by atoms with Gasteiger partial charge in [0.05, 0.1) is 30.3 Å². The van der Waals surface area contributed by atoms with Gasteiger partial charge in [-0.25, -0.2) is 18.4 Å². The van der Waals surface area contributed by atoms with Gasteiger partial charge in [-0.05, 0) is 31.0 Å². The Balaban J connectivity index is 1.62. The number of hydrogen-bond acceptors (Lipinski definition) is 5. The molecule has 0 N–H and O–H groups in total.